The van der Waals surface area contributed by atoms with Gasteiger partial charge in [-0.25, -0.2) is 12.8 Å². The summed E-state index contributed by atoms with van der Waals surface area (Å²) in [6.45, 7) is 3.56. The summed E-state index contributed by atoms with van der Waals surface area (Å²) in [5.74, 6) is 0.871. The van der Waals surface area contributed by atoms with Gasteiger partial charge in [-0.15, -0.1) is 0 Å². The van der Waals surface area contributed by atoms with Crippen LogP contribution in [0.5, 0.6) is 11.5 Å². The fraction of sp³-hybridized carbons (Fsp3) is 0.310. The van der Waals surface area contributed by atoms with Gasteiger partial charge in [-0.3, -0.25) is 0 Å². The van der Waals surface area contributed by atoms with Crippen LogP contribution in [0.3, 0.4) is 0 Å². The van der Waals surface area contributed by atoms with Crippen molar-refractivity contribution in [2.75, 3.05) is 27.3 Å². The van der Waals surface area contributed by atoms with Crippen LogP contribution in [0.2, 0.25) is 0 Å². The van der Waals surface area contributed by atoms with E-state index in [-0.39, 0.29) is 16.6 Å². The van der Waals surface area contributed by atoms with Crippen LogP contribution in [0.15, 0.2) is 71.6 Å². The molecule has 3 aromatic carbocycles. The Morgan fingerprint density at radius 2 is 1.65 bits per heavy atom. The molecule has 5 rings (SSSR count). The van der Waals surface area contributed by atoms with E-state index in [4.69, 9.17) is 9.47 Å². The minimum atomic E-state index is -3.66. The highest BCUT2D eigenvalue weighted by Crippen LogP contribution is 2.39. The number of ether oxygens (including phenoxy) is 2. The lowest BCUT2D eigenvalue weighted by atomic mass is 9.88. The number of rotatable bonds is 7. The molecule has 37 heavy (non-hydrogen) atoms. The van der Waals surface area contributed by atoms with Crippen LogP contribution in [0.1, 0.15) is 35.6 Å². The first kappa shape index (κ1) is 25.3. The predicted octanol–water partition coefficient (Wildman–Crippen LogP) is 5.72. The average molecular weight is 523 g/mol. The Morgan fingerprint density at radius 3 is 2.35 bits per heavy atom. The van der Waals surface area contributed by atoms with Gasteiger partial charge in [0, 0.05) is 42.3 Å². The summed E-state index contributed by atoms with van der Waals surface area (Å²) in [7, 11) is -0.646. The minimum Gasteiger partial charge on any atom is -0.493 e. The molecule has 4 aromatic rings. The van der Waals surface area contributed by atoms with E-state index in [0.717, 1.165) is 29.6 Å². The molecule has 0 bridgehead atoms. The maximum Gasteiger partial charge on any atom is 0.243 e. The smallest absolute Gasteiger partial charge is 0.243 e. The monoisotopic (exact) mass is 522 g/mol. The van der Waals surface area contributed by atoms with E-state index in [0.29, 0.717) is 31.1 Å². The van der Waals surface area contributed by atoms with Gasteiger partial charge in [-0.05, 0) is 67.1 Å². The lowest BCUT2D eigenvalue weighted by Gasteiger charge is -2.32. The van der Waals surface area contributed by atoms with Gasteiger partial charge in [0.15, 0.2) is 11.5 Å². The fourth-order valence-electron chi connectivity index (χ4n) is 5.51. The van der Waals surface area contributed by atoms with Crippen molar-refractivity contribution in [1.82, 2.24) is 8.87 Å². The van der Waals surface area contributed by atoms with Crippen molar-refractivity contribution in [3.05, 3.63) is 89.4 Å². The molecule has 0 radical (unpaired) electrons. The molecule has 1 aliphatic heterocycles. The molecule has 8 heteroatoms. The third-order valence-corrected chi connectivity index (χ3v) is 9.26. The average Bonchev–Trinajstić information content (AvgIpc) is 3.19. The zero-order chi connectivity index (χ0) is 26.2. The van der Waals surface area contributed by atoms with Crippen LogP contribution in [0.25, 0.3) is 10.9 Å². The largest absolute Gasteiger partial charge is 0.493 e. The zero-order valence-electron chi connectivity index (χ0n) is 21.3. The van der Waals surface area contributed by atoms with E-state index >= 15 is 0 Å². The number of hydrogen-bond acceptors (Lipinski definition) is 4. The molecule has 0 aliphatic carbocycles. The number of piperidine rings is 1. The second-order valence-corrected chi connectivity index (χ2v) is 11.4. The van der Waals surface area contributed by atoms with Crippen molar-refractivity contribution in [3.63, 3.8) is 0 Å². The maximum absolute atomic E-state index is 13.8. The molecular formula is C29H31FN2O4S. The molecule has 194 valence electrons. The van der Waals surface area contributed by atoms with Gasteiger partial charge in [0.2, 0.25) is 10.0 Å². The van der Waals surface area contributed by atoms with Gasteiger partial charge in [0.25, 0.3) is 0 Å². The number of sulfonamides is 1. The highest BCUT2D eigenvalue weighted by molar-refractivity contribution is 7.89. The van der Waals surface area contributed by atoms with Gasteiger partial charge in [-0.1, -0.05) is 30.3 Å². The van der Waals surface area contributed by atoms with Crippen LogP contribution in [0.4, 0.5) is 4.39 Å². The Hall–Kier alpha value is -3.36. The summed E-state index contributed by atoms with van der Waals surface area (Å²) in [5, 5.41) is 1.18. The van der Waals surface area contributed by atoms with Crippen LogP contribution >= 0.6 is 0 Å². The second-order valence-electron chi connectivity index (χ2n) is 9.43. The van der Waals surface area contributed by atoms with E-state index in [2.05, 4.69) is 23.6 Å². The third kappa shape index (κ3) is 4.71. The first-order chi connectivity index (χ1) is 17.8. The first-order valence-electron chi connectivity index (χ1n) is 12.4. The lowest BCUT2D eigenvalue weighted by molar-refractivity contribution is 0.319. The number of halogens is 1. The molecule has 6 nitrogen and oxygen atoms in total. The maximum atomic E-state index is 13.8. The first-order valence-corrected chi connectivity index (χ1v) is 13.8. The number of hydrogen-bond donors (Lipinski definition) is 0. The number of benzene rings is 3. The molecule has 0 N–H and O–H groups in total. The van der Waals surface area contributed by atoms with Crippen molar-refractivity contribution in [3.8, 4) is 11.5 Å². The third-order valence-electron chi connectivity index (χ3n) is 7.36. The topological polar surface area (TPSA) is 60.8 Å². The Bertz CT molecular complexity index is 1540. The summed E-state index contributed by atoms with van der Waals surface area (Å²) < 4.78 is 55.0. The Balaban J connectivity index is 1.41. The van der Waals surface area contributed by atoms with Gasteiger partial charge in [-0.2, -0.15) is 4.31 Å². The van der Waals surface area contributed by atoms with E-state index < -0.39 is 10.0 Å². The summed E-state index contributed by atoms with van der Waals surface area (Å²) in [5.41, 5.74) is 4.42. The van der Waals surface area contributed by atoms with E-state index in [1.807, 2.05) is 18.2 Å². The van der Waals surface area contributed by atoms with E-state index in [1.54, 1.807) is 28.6 Å². The number of nitrogens with zero attached hydrogens (tertiary/aromatic N) is 2. The van der Waals surface area contributed by atoms with Crippen molar-refractivity contribution in [2.24, 2.45) is 0 Å². The quantitative estimate of drug-likeness (QED) is 0.311. The molecule has 2 heterocycles. The fourth-order valence-corrected chi connectivity index (χ4v) is 6.99. The summed E-state index contributed by atoms with van der Waals surface area (Å²) in [6.07, 6.45) is 1.45. The van der Waals surface area contributed by atoms with Crippen LogP contribution in [-0.4, -0.2) is 44.6 Å². The molecular weight excluding hydrogens is 491 g/mol. The number of aromatic nitrogens is 1. The molecule has 0 spiro atoms. The summed E-state index contributed by atoms with van der Waals surface area (Å²) in [4.78, 5) is 0.200. The standard InChI is InChI=1S/C29H31FN2O4S/c1-20-29(25-9-4-5-10-26(25)32(20)19-21-7-6-8-23(30)17-21)22-13-15-31(16-14-22)37(33,34)24-11-12-27(35-2)28(18-24)36-3/h4-12,17-18,22H,13-16,19H2,1-3H3. The van der Waals surface area contributed by atoms with Crippen LogP contribution in [0, 0.1) is 12.7 Å². The Kier molecular flexibility index (Phi) is 6.96. The van der Waals surface area contributed by atoms with Crippen molar-refractivity contribution in [2.45, 2.75) is 37.1 Å². The molecule has 0 saturated carbocycles. The highest BCUT2D eigenvalue weighted by Gasteiger charge is 2.32. The van der Waals surface area contributed by atoms with Crippen LogP contribution < -0.4 is 9.47 Å². The van der Waals surface area contributed by atoms with Crippen molar-refractivity contribution in [1.29, 1.82) is 0 Å². The minimum absolute atomic E-state index is 0.200. The van der Waals surface area contributed by atoms with Gasteiger partial charge in [0.1, 0.15) is 5.82 Å². The molecule has 0 amide bonds. The summed E-state index contributed by atoms with van der Waals surface area (Å²) in [6, 6.07) is 19.7. The normalized spacial score (nSPS) is 15.2. The van der Waals surface area contributed by atoms with Gasteiger partial charge in [0.05, 0.1) is 19.1 Å². The lowest BCUT2D eigenvalue weighted by Crippen LogP contribution is -2.38. The number of fused-ring (bicyclic) bond motifs is 1. The SMILES string of the molecule is COc1ccc(S(=O)(=O)N2CCC(c3c(C)n(Cc4cccc(F)c4)c4ccccc34)CC2)cc1OC. The molecule has 0 atom stereocenters. The van der Waals surface area contributed by atoms with Crippen molar-refractivity contribution < 1.29 is 22.3 Å². The number of para-hydroxylation sites is 1. The zero-order valence-corrected chi connectivity index (χ0v) is 22.1. The Labute approximate surface area is 217 Å². The Morgan fingerprint density at radius 1 is 0.919 bits per heavy atom. The van der Waals surface area contributed by atoms with Crippen molar-refractivity contribution >= 4 is 20.9 Å². The van der Waals surface area contributed by atoms with Crippen LogP contribution in [-0.2, 0) is 16.6 Å². The summed E-state index contributed by atoms with van der Waals surface area (Å²) >= 11 is 0. The predicted molar refractivity (Wildman–Crippen MR) is 142 cm³/mol. The second kappa shape index (κ2) is 10.2. The highest BCUT2D eigenvalue weighted by atomic mass is 32.2. The molecule has 1 aliphatic rings. The molecule has 0 unspecified atom stereocenters. The van der Waals surface area contributed by atoms with E-state index in [1.165, 1.54) is 37.3 Å². The molecule has 1 fully saturated rings. The molecule has 1 aromatic heterocycles. The van der Waals surface area contributed by atoms with Gasteiger partial charge >= 0.3 is 0 Å². The van der Waals surface area contributed by atoms with E-state index in [9.17, 15) is 12.8 Å². The number of methoxy groups -OCH3 is 2. The van der Waals surface area contributed by atoms with Gasteiger partial charge < -0.3 is 14.0 Å². The molecule has 1 saturated heterocycles.